The van der Waals surface area contributed by atoms with Crippen LogP contribution in [-0.2, 0) is 0 Å². The fourth-order valence-electron chi connectivity index (χ4n) is 5.22. The van der Waals surface area contributed by atoms with E-state index in [0.717, 1.165) is 87.7 Å². The standard InChI is InChI=1S/C34H28N5O2S/c1-19-11-30-26(17-24(41-4)18-35-30)31(12-19)37-21-5-8-28-33(14-21)42-34-15-22(6-9-29(34)39-28)38-32-13-20(2)36-27-10-7-23(40-3)16-25(27)32/h5-18,37H,1-4H3,(H,36,38)/q+1. The molecule has 0 aliphatic rings. The fourth-order valence-corrected chi connectivity index (χ4v) is 6.27. The van der Waals surface area contributed by atoms with Gasteiger partial charge in [0.2, 0.25) is 11.3 Å². The fraction of sp³-hybridized carbons (Fsp3) is 0.118. The Balaban J connectivity index is 1.25. The molecule has 0 fully saturated rings. The molecule has 7 rings (SSSR count). The molecule has 7 aromatic rings. The normalized spacial score (nSPS) is 11.3. The summed E-state index contributed by atoms with van der Waals surface area (Å²) in [4.78, 5) is 14.2. The van der Waals surface area contributed by atoms with Crippen LogP contribution in [-0.4, -0.2) is 29.2 Å². The number of hydrogen-bond acceptors (Lipinski definition) is 7. The number of aromatic nitrogens is 3. The van der Waals surface area contributed by atoms with Crippen molar-refractivity contribution in [2.24, 2.45) is 0 Å². The predicted molar refractivity (Wildman–Crippen MR) is 174 cm³/mol. The topological polar surface area (TPSA) is 81.2 Å². The van der Waals surface area contributed by atoms with Crippen molar-refractivity contribution in [2.75, 3.05) is 24.9 Å². The molecule has 0 spiro atoms. The van der Waals surface area contributed by atoms with Crippen LogP contribution in [0.4, 0.5) is 22.7 Å². The molecular weight excluding hydrogens is 542 g/mol. The van der Waals surface area contributed by atoms with Crippen LogP contribution < -0.4 is 20.1 Å². The van der Waals surface area contributed by atoms with Crippen LogP contribution in [0.3, 0.4) is 0 Å². The summed E-state index contributed by atoms with van der Waals surface area (Å²) in [6, 6.07) is 26.8. The summed E-state index contributed by atoms with van der Waals surface area (Å²) in [5.74, 6) is 1.52. The first kappa shape index (κ1) is 25.9. The van der Waals surface area contributed by atoms with Gasteiger partial charge in [0.25, 0.3) is 9.40 Å². The number of rotatable bonds is 6. The van der Waals surface area contributed by atoms with E-state index in [9.17, 15) is 0 Å². The van der Waals surface area contributed by atoms with Crippen molar-refractivity contribution in [3.63, 3.8) is 0 Å². The molecule has 42 heavy (non-hydrogen) atoms. The zero-order valence-corrected chi connectivity index (χ0v) is 24.5. The molecule has 206 valence electrons. The monoisotopic (exact) mass is 570 g/mol. The maximum atomic E-state index is 5.46. The molecule has 8 heteroatoms. The lowest BCUT2D eigenvalue weighted by atomic mass is 10.1. The number of pyridine rings is 2. The van der Waals surface area contributed by atoms with E-state index in [0.29, 0.717) is 0 Å². The number of ether oxygens (including phenoxy) is 2. The molecule has 0 unspecified atom stereocenters. The molecule has 2 N–H and O–H groups in total. The van der Waals surface area contributed by atoms with Gasteiger partial charge in [0.1, 0.15) is 22.5 Å². The molecule has 0 atom stereocenters. The van der Waals surface area contributed by atoms with Crippen molar-refractivity contribution in [3.8, 4) is 11.5 Å². The number of hydrogen-bond donors (Lipinski definition) is 2. The minimum atomic E-state index is 0.726. The lowest BCUT2D eigenvalue weighted by molar-refractivity contribution is 0.414. The van der Waals surface area contributed by atoms with Gasteiger partial charge in [-0.2, -0.15) is 0 Å². The van der Waals surface area contributed by atoms with Gasteiger partial charge in [0.05, 0.1) is 31.4 Å². The lowest BCUT2D eigenvalue weighted by Crippen LogP contribution is -1.96. The van der Waals surface area contributed by atoms with Gasteiger partial charge in [0.15, 0.2) is 0 Å². The van der Waals surface area contributed by atoms with Crippen molar-refractivity contribution >= 4 is 76.3 Å². The zero-order valence-electron chi connectivity index (χ0n) is 23.6. The third kappa shape index (κ3) is 4.86. The Bertz CT molecular complexity index is 2020. The number of methoxy groups -OCH3 is 2. The summed E-state index contributed by atoms with van der Waals surface area (Å²) in [6.07, 6.45) is 1.75. The number of aryl methyl sites for hydroxylation is 2. The van der Waals surface area contributed by atoms with Gasteiger partial charge in [-0.15, -0.1) is 0 Å². The van der Waals surface area contributed by atoms with E-state index < -0.39 is 0 Å². The van der Waals surface area contributed by atoms with E-state index in [-0.39, 0.29) is 0 Å². The first-order chi connectivity index (χ1) is 20.4. The van der Waals surface area contributed by atoms with Crippen molar-refractivity contribution < 1.29 is 9.47 Å². The van der Waals surface area contributed by atoms with Crippen molar-refractivity contribution in [2.45, 2.75) is 13.8 Å². The van der Waals surface area contributed by atoms with Gasteiger partial charge in [-0.1, -0.05) is 0 Å². The number of nitrogens with one attached hydrogen (secondary N) is 2. The Morgan fingerprint density at radius 2 is 1.21 bits per heavy atom. The first-order valence-electron chi connectivity index (χ1n) is 13.6. The number of benzene rings is 4. The Hall–Kier alpha value is -5.08. The third-order valence-electron chi connectivity index (χ3n) is 7.24. The van der Waals surface area contributed by atoms with E-state index in [2.05, 4.69) is 82.1 Å². The molecule has 0 aliphatic carbocycles. The summed E-state index contributed by atoms with van der Waals surface area (Å²) in [6.45, 7) is 4.08. The van der Waals surface area contributed by atoms with Gasteiger partial charge < -0.3 is 20.1 Å². The second-order valence-electron chi connectivity index (χ2n) is 10.3. The Labute approximate surface area is 246 Å². The Kier molecular flexibility index (Phi) is 6.40. The van der Waals surface area contributed by atoms with Crippen molar-refractivity contribution in [1.29, 1.82) is 0 Å². The number of anilines is 4. The van der Waals surface area contributed by atoms with Crippen LogP contribution in [0.1, 0.15) is 11.3 Å². The molecule has 4 aromatic carbocycles. The molecular formula is C34H28N5O2S+. The van der Waals surface area contributed by atoms with Crippen molar-refractivity contribution in [1.82, 2.24) is 15.0 Å². The summed E-state index contributed by atoms with van der Waals surface area (Å²) < 4.78 is 13.1. The van der Waals surface area contributed by atoms with E-state index in [1.54, 1.807) is 31.8 Å². The van der Waals surface area contributed by atoms with Crippen LogP contribution >= 0.6 is 11.3 Å². The number of nitrogens with zero attached hydrogens (tertiary/aromatic N) is 3. The first-order valence-corrected chi connectivity index (χ1v) is 14.4. The van der Waals surface area contributed by atoms with Crippen LogP contribution in [0.15, 0.2) is 85.1 Å². The molecule has 0 radical (unpaired) electrons. The second kappa shape index (κ2) is 10.4. The molecule has 0 saturated heterocycles. The molecule has 0 aliphatic heterocycles. The minimum absolute atomic E-state index is 0.726. The summed E-state index contributed by atoms with van der Waals surface area (Å²) in [7, 11) is 3.33. The summed E-state index contributed by atoms with van der Waals surface area (Å²) in [5.41, 5.74) is 9.77. The SMILES string of the molecule is COc1cnc2cc(C)cc(Nc3ccc4nc5ccc(Nc6cc(C)nc7ccc(OC)cc67)cc5[s+]c4c3)c2c1. The average molecular weight is 571 g/mol. The quantitative estimate of drug-likeness (QED) is 0.153. The largest absolute Gasteiger partial charge is 0.497 e. The van der Waals surface area contributed by atoms with Crippen molar-refractivity contribution in [3.05, 3.63) is 96.3 Å². The molecule has 0 bridgehead atoms. The molecule has 0 amide bonds. The zero-order chi connectivity index (χ0) is 28.8. The van der Waals surface area contributed by atoms with Gasteiger partial charge in [-0.25, -0.2) is 4.98 Å². The lowest BCUT2D eigenvalue weighted by Gasteiger charge is -2.12. The van der Waals surface area contributed by atoms with Crippen LogP contribution in [0, 0.1) is 13.8 Å². The Morgan fingerprint density at radius 1 is 0.595 bits per heavy atom. The minimum Gasteiger partial charge on any atom is -0.497 e. The van der Waals surface area contributed by atoms with E-state index in [1.807, 2.05) is 31.2 Å². The number of fused-ring (bicyclic) bond motifs is 4. The summed E-state index contributed by atoms with van der Waals surface area (Å²) >= 11 is 1.72. The highest BCUT2D eigenvalue weighted by atomic mass is 32.1. The maximum absolute atomic E-state index is 5.46. The van der Waals surface area contributed by atoms with Gasteiger partial charge in [-0.3, -0.25) is 9.97 Å². The van der Waals surface area contributed by atoms with Gasteiger partial charge in [0, 0.05) is 51.3 Å². The van der Waals surface area contributed by atoms with Crippen LogP contribution in [0.25, 0.3) is 42.2 Å². The maximum Gasteiger partial charge on any atom is 0.259 e. The third-order valence-corrected chi connectivity index (χ3v) is 8.33. The predicted octanol–water partition coefficient (Wildman–Crippen LogP) is 8.95. The summed E-state index contributed by atoms with van der Waals surface area (Å²) in [5, 5.41) is 9.23. The molecule has 0 saturated carbocycles. The van der Waals surface area contributed by atoms with Gasteiger partial charge >= 0.3 is 0 Å². The smallest absolute Gasteiger partial charge is 0.259 e. The second-order valence-corrected chi connectivity index (χ2v) is 11.4. The highest BCUT2D eigenvalue weighted by molar-refractivity contribution is 7.24. The molecule has 3 aromatic heterocycles. The van der Waals surface area contributed by atoms with Crippen LogP contribution in [0.2, 0.25) is 0 Å². The van der Waals surface area contributed by atoms with E-state index >= 15 is 0 Å². The van der Waals surface area contributed by atoms with E-state index in [4.69, 9.17) is 14.5 Å². The van der Waals surface area contributed by atoms with Gasteiger partial charge in [-0.05, 0) is 86.1 Å². The highest BCUT2D eigenvalue weighted by Gasteiger charge is 2.16. The molecule has 3 heterocycles. The Morgan fingerprint density at radius 3 is 1.90 bits per heavy atom. The highest BCUT2D eigenvalue weighted by Crippen LogP contribution is 2.35. The van der Waals surface area contributed by atoms with E-state index in [1.165, 1.54) is 0 Å². The van der Waals surface area contributed by atoms with Crippen LogP contribution in [0.5, 0.6) is 11.5 Å². The molecule has 7 nitrogen and oxygen atoms in total. The average Bonchev–Trinajstić information content (AvgIpc) is 2.99.